The summed E-state index contributed by atoms with van der Waals surface area (Å²) in [5.41, 5.74) is 10.8. The maximum atomic E-state index is 6.89. The number of hydrogen-bond acceptors (Lipinski definition) is 11. The van der Waals surface area contributed by atoms with Crippen LogP contribution in [-0.2, 0) is 13.2 Å². The molecule has 2 aromatic carbocycles. The molecule has 11 rings (SSSR count). The van der Waals surface area contributed by atoms with Crippen LogP contribution in [0.25, 0.3) is 55.7 Å². The molecule has 2 fully saturated rings. The molecule has 0 bridgehead atoms. The molecular weight excluding hydrogens is 767 g/mol. The maximum Gasteiger partial charge on any atom is 0.243 e. The van der Waals surface area contributed by atoms with E-state index >= 15 is 0 Å². The number of fused-ring (bicyclic) bond motifs is 4. The van der Waals surface area contributed by atoms with Gasteiger partial charge in [0.2, 0.25) is 5.88 Å². The van der Waals surface area contributed by atoms with Gasteiger partial charge >= 0.3 is 0 Å². The lowest BCUT2D eigenvalue weighted by Gasteiger charge is -2.22. The van der Waals surface area contributed by atoms with Crippen LogP contribution in [0.15, 0.2) is 85.5 Å². The average Bonchev–Trinajstić information content (AvgIpc) is 4.09. The largest absolute Gasteiger partial charge is 0.488 e. The summed E-state index contributed by atoms with van der Waals surface area (Å²) in [6.45, 7) is 10.5. The molecular formula is C46H47N13O2. The number of aryl methyl sites for hydroxylation is 3. The number of nitrogens with one attached hydrogen (secondary N) is 2. The van der Waals surface area contributed by atoms with Crippen LogP contribution in [0.1, 0.15) is 65.8 Å². The normalized spacial score (nSPS) is 15.5. The molecule has 2 aliphatic rings. The van der Waals surface area contributed by atoms with Crippen LogP contribution in [0, 0.1) is 20.8 Å². The van der Waals surface area contributed by atoms with Gasteiger partial charge in [-0.25, -0.2) is 24.0 Å². The highest BCUT2D eigenvalue weighted by Crippen LogP contribution is 2.37. The first-order chi connectivity index (χ1) is 29.9. The highest BCUT2D eigenvalue weighted by atomic mass is 16.5. The van der Waals surface area contributed by atoms with Crippen molar-refractivity contribution in [2.24, 2.45) is 0 Å². The lowest BCUT2D eigenvalue weighted by Crippen LogP contribution is -2.29. The topological polar surface area (TPSA) is 151 Å². The summed E-state index contributed by atoms with van der Waals surface area (Å²) in [6.07, 6.45) is 12.3. The van der Waals surface area contributed by atoms with Gasteiger partial charge in [0.15, 0.2) is 16.8 Å². The molecule has 0 saturated carbocycles. The van der Waals surface area contributed by atoms with E-state index in [-0.39, 0.29) is 6.61 Å². The van der Waals surface area contributed by atoms with Crippen LogP contribution < -0.4 is 20.1 Å². The van der Waals surface area contributed by atoms with Crippen molar-refractivity contribution in [1.82, 2.24) is 64.4 Å². The minimum absolute atomic E-state index is 0.210. The minimum Gasteiger partial charge on any atom is -0.488 e. The van der Waals surface area contributed by atoms with Gasteiger partial charge in [0.1, 0.15) is 24.7 Å². The number of aromatic nitrogens is 11. The Morgan fingerprint density at radius 3 is 2.03 bits per heavy atom. The molecule has 0 aliphatic carbocycles. The predicted octanol–water partition coefficient (Wildman–Crippen LogP) is 7.13. The molecule has 0 amide bonds. The number of hydrogen-bond donors (Lipinski definition) is 2. The second kappa shape index (κ2) is 15.4. The lowest BCUT2D eigenvalue weighted by atomic mass is 10.1. The molecule has 61 heavy (non-hydrogen) atoms. The summed E-state index contributed by atoms with van der Waals surface area (Å²) in [6, 6.07) is 21.2. The Kier molecular flexibility index (Phi) is 9.41. The number of benzene rings is 2. The van der Waals surface area contributed by atoms with Crippen molar-refractivity contribution in [2.75, 3.05) is 26.2 Å². The zero-order valence-electron chi connectivity index (χ0n) is 34.5. The third kappa shape index (κ3) is 7.23. The minimum atomic E-state index is 0.210. The quantitative estimate of drug-likeness (QED) is 0.145. The predicted molar refractivity (Wildman–Crippen MR) is 233 cm³/mol. The zero-order valence-corrected chi connectivity index (χ0v) is 34.5. The lowest BCUT2D eigenvalue weighted by molar-refractivity contribution is 0.296. The average molecular weight is 814 g/mol. The zero-order chi connectivity index (χ0) is 41.0. The Balaban J connectivity index is 0.990. The molecule has 2 saturated heterocycles. The van der Waals surface area contributed by atoms with E-state index in [1.807, 2.05) is 65.6 Å². The first kappa shape index (κ1) is 37.3. The van der Waals surface area contributed by atoms with E-state index in [1.54, 1.807) is 0 Å². The van der Waals surface area contributed by atoms with Crippen LogP contribution >= 0.6 is 0 Å². The second-order valence-corrected chi connectivity index (χ2v) is 16.5. The molecule has 0 spiro atoms. The molecule has 15 nitrogen and oxygen atoms in total. The molecule has 308 valence electrons. The number of ether oxygens (including phenoxy) is 2. The smallest absolute Gasteiger partial charge is 0.243 e. The van der Waals surface area contributed by atoms with Crippen molar-refractivity contribution in [1.29, 1.82) is 0 Å². The van der Waals surface area contributed by atoms with Crippen LogP contribution in [0.4, 0.5) is 0 Å². The molecule has 0 atom stereocenters. The van der Waals surface area contributed by atoms with E-state index in [1.165, 1.54) is 0 Å². The highest BCUT2D eigenvalue weighted by Gasteiger charge is 2.23. The standard InChI is InChI=1S/C46H47N13O2/c1-28-17-39(53-58-22-29(2)49-44(28)58)37-18-32-24-56(35-9-13-47-14-10-35)52-38(32)21-42(37)60-27-34-20-41(54-59-23-30(3)50-45(34)59)40-19-33-25-57(36-11-15-48-16-12-36)55-43(33)46(51-40)61-26-31-7-5-4-6-8-31/h4-8,17-25,35-36,47-48H,9-16,26-27H2,1-3H3. The van der Waals surface area contributed by atoms with Crippen LogP contribution in [0.3, 0.4) is 0 Å². The van der Waals surface area contributed by atoms with E-state index in [0.29, 0.717) is 47.4 Å². The maximum absolute atomic E-state index is 6.89. The van der Waals surface area contributed by atoms with Crippen LogP contribution in [0.5, 0.6) is 11.6 Å². The number of pyridine rings is 1. The van der Waals surface area contributed by atoms with Gasteiger partial charge in [-0.15, -0.1) is 0 Å². The van der Waals surface area contributed by atoms with Gasteiger partial charge in [-0.05, 0) is 108 Å². The Bertz CT molecular complexity index is 3060. The Morgan fingerprint density at radius 1 is 0.607 bits per heavy atom. The van der Waals surface area contributed by atoms with Crippen molar-refractivity contribution in [3.63, 3.8) is 0 Å². The molecule has 0 unspecified atom stereocenters. The number of nitrogens with zero attached hydrogens (tertiary/aromatic N) is 11. The number of imidazole rings is 2. The van der Waals surface area contributed by atoms with Crippen molar-refractivity contribution >= 4 is 33.1 Å². The summed E-state index contributed by atoms with van der Waals surface area (Å²) >= 11 is 0. The first-order valence-corrected chi connectivity index (χ1v) is 21.2. The van der Waals surface area contributed by atoms with E-state index in [0.717, 1.165) is 119 Å². The molecule has 2 N–H and O–H groups in total. The Hall–Kier alpha value is -6.71. The van der Waals surface area contributed by atoms with Crippen molar-refractivity contribution in [3.05, 3.63) is 114 Å². The SMILES string of the molecule is Cc1cn2nc(-c3cc4cn(C5CCNCC5)nc4cc3OCc3cc(-c4cc5cn(C6CCNCC6)nc5c(OCc5ccccc5)n4)nn4cc(C)nc34)cc(C)c2n1. The van der Waals surface area contributed by atoms with Gasteiger partial charge in [-0.2, -0.15) is 20.4 Å². The van der Waals surface area contributed by atoms with E-state index in [2.05, 4.69) is 69.6 Å². The third-order valence-corrected chi connectivity index (χ3v) is 12.0. The fourth-order valence-electron chi connectivity index (χ4n) is 8.80. The molecule has 0 radical (unpaired) electrons. The summed E-state index contributed by atoms with van der Waals surface area (Å²) in [7, 11) is 0. The highest BCUT2D eigenvalue weighted by molar-refractivity contribution is 5.88. The van der Waals surface area contributed by atoms with Gasteiger partial charge in [-0.1, -0.05) is 30.3 Å². The van der Waals surface area contributed by atoms with Gasteiger partial charge in [-0.3, -0.25) is 9.36 Å². The Labute approximate surface area is 351 Å². The summed E-state index contributed by atoms with van der Waals surface area (Å²) in [5.74, 6) is 1.15. The monoisotopic (exact) mass is 813 g/mol. The third-order valence-electron chi connectivity index (χ3n) is 12.0. The molecule has 2 aliphatic heterocycles. The number of piperidine rings is 2. The summed E-state index contributed by atoms with van der Waals surface area (Å²) in [5, 5.41) is 29.1. The van der Waals surface area contributed by atoms with Crippen molar-refractivity contribution in [2.45, 2.75) is 71.8 Å². The van der Waals surface area contributed by atoms with Gasteiger partial charge < -0.3 is 20.1 Å². The molecule has 9 aromatic rings. The molecule has 7 aromatic heterocycles. The first-order valence-electron chi connectivity index (χ1n) is 21.2. The van der Waals surface area contributed by atoms with Crippen molar-refractivity contribution in [3.8, 4) is 34.3 Å². The van der Waals surface area contributed by atoms with E-state index in [9.17, 15) is 0 Å². The van der Waals surface area contributed by atoms with Gasteiger partial charge in [0, 0.05) is 40.4 Å². The fraction of sp³-hybridized carbons (Fsp3) is 0.326. The van der Waals surface area contributed by atoms with Crippen LogP contribution in [-0.4, -0.2) is 79.9 Å². The molecule has 9 heterocycles. The summed E-state index contributed by atoms with van der Waals surface area (Å²) < 4.78 is 21.3. The Morgan fingerprint density at radius 2 is 1.28 bits per heavy atom. The van der Waals surface area contributed by atoms with Crippen molar-refractivity contribution < 1.29 is 9.47 Å². The fourth-order valence-corrected chi connectivity index (χ4v) is 8.80. The molecule has 15 heteroatoms. The van der Waals surface area contributed by atoms with E-state index in [4.69, 9.17) is 44.8 Å². The van der Waals surface area contributed by atoms with Crippen LogP contribution in [0.2, 0.25) is 0 Å². The second-order valence-electron chi connectivity index (χ2n) is 16.5. The summed E-state index contributed by atoms with van der Waals surface area (Å²) in [4.78, 5) is 14.7. The van der Waals surface area contributed by atoms with Gasteiger partial charge in [0.05, 0.1) is 52.8 Å². The van der Waals surface area contributed by atoms with Gasteiger partial charge in [0.25, 0.3) is 0 Å². The number of rotatable bonds is 10. The van der Waals surface area contributed by atoms with E-state index < -0.39 is 0 Å².